The summed E-state index contributed by atoms with van der Waals surface area (Å²) in [4.78, 5) is 31.3. The third-order valence-electron chi connectivity index (χ3n) is 3.60. The summed E-state index contributed by atoms with van der Waals surface area (Å²) in [7, 11) is 0. The van der Waals surface area contributed by atoms with Gasteiger partial charge in [-0.15, -0.1) is 0 Å². The zero-order valence-corrected chi connectivity index (χ0v) is 14.1. The van der Waals surface area contributed by atoms with Gasteiger partial charge in [-0.2, -0.15) is 0 Å². The zero-order chi connectivity index (χ0) is 16.9. The summed E-state index contributed by atoms with van der Waals surface area (Å²) in [6.07, 6.45) is 0. The van der Waals surface area contributed by atoms with Crippen LogP contribution in [0.4, 0.5) is 5.13 Å². The summed E-state index contributed by atoms with van der Waals surface area (Å²) in [5, 5.41) is 0.801. The second-order valence-electron chi connectivity index (χ2n) is 5.28. The predicted octanol–water partition coefficient (Wildman–Crippen LogP) is 1.36. The Morgan fingerprint density at radius 2 is 1.79 bits per heavy atom. The second kappa shape index (κ2) is 7.41. The SMILES string of the molecule is Cc1nc(N2CCOCC2)sc1C(=O)NNC(=O)c1ccccc1. The molecule has 0 bridgehead atoms. The lowest BCUT2D eigenvalue weighted by atomic mass is 10.2. The maximum atomic E-state index is 12.3. The van der Waals surface area contributed by atoms with Gasteiger partial charge in [-0.1, -0.05) is 29.5 Å². The van der Waals surface area contributed by atoms with Crippen molar-refractivity contribution in [1.29, 1.82) is 0 Å². The highest BCUT2D eigenvalue weighted by Gasteiger charge is 2.20. The van der Waals surface area contributed by atoms with Crippen LogP contribution in [0.2, 0.25) is 0 Å². The predicted molar refractivity (Wildman–Crippen MR) is 91.3 cm³/mol. The number of nitrogens with one attached hydrogen (secondary N) is 2. The molecule has 24 heavy (non-hydrogen) atoms. The standard InChI is InChI=1S/C16H18N4O3S/c1-11-13(24-16(17-11)20-7-9-23-10-8-20)15(22)19-18-14(21)12-5-3-2-4-6-12/h2-6H,7-10H2,1H3,(H,18,21)(H,19,22). The van der Waals surface area contributed by atoms with Gasteiger partial charge in [-0.05, 0) is 19.1 Å². The smallest absolute Gasteiger partial charge is 0.281 e. The molecule has 1 aromatic carbocycles. The molecule has 1 aromatic heterocycles. The van der Waals surface area contributed by atoms with Crippen molar-refractivity contribution in [2.45, 2.75) is 6.92 Å². The van der Waals surface area contributed by atoms with Crippen LogP contribution in [0.15, 0.2) is 30.3 Å². The number of aryl methyl sites for hydroxylation is 1. The Bertz CT molecular complexity index is 726. The van der Waals surface area contributed by atoms with Crippen molar-refractivity contribution in [3.05, 3.63) is 46.5 Å². The molecular weight excluding hydrogens is 328 g/mol. The van der Waals surface area contributed by atoms with Gasteiger partial charge in [0.2, 0.25) is 0 Å². The van der Waals surface area contributed by atoms with Crippen molar-refractivity contribution in [3.63, 3.8) is 0 Å². The van der Waals surface area contributed by atoms with Crippen LogP contribution in [0.5, 0.6) is 0 Å². The Hall–Kier alpha value is -2.45. The van der Waals surface area contributed by atoms with Crippen LogP contribution in [0.25, 0.3) is 0 Å². The molecule has 1 saturated heterocycles. The topological polar surface area (TPSA) is 83.6 Å². The molecule has 0 unspecified atom stereocenters. The number of hydrogen-bond acceptors (Lipinski definition) is 6. The quantitative estimate of drug-likeness (QED) is 0.820. The Labute approximate surface area is 143 Å². The molecule has 2 aromatic rings. The molecule has 1 aliphatic rings. The van der Waals surface area contributed by atoms with Gasteiger partial charge >= 0.3 is 0 Å². The van der Waals surface area contributed by atoms with Crippen molar-refractivity contribution in [2.75, 3.05) is 31.2 Å². The summed E-state index contributed by atoms with van der Waals surface area (Å²) in [6.45, 7) is 4.63. The van der Waals surface area contributed by atoms with E-state index >= 15 is 0 Å². The van der Waals surface area contributed by atoms with Gasteiger partial charge in [-0.25, -0.2) is 4.98 Å². The summed E-state index contributed by atoms with van der Waals surface area (Å²) in [5.41, 5.74) is 5.99. The van der Waals surface area contributed by atoms with E-state index in [9.17, 15) is 9.59 Å². The molecule has 8 heteroatoms. The van der Waals surface area contributed by atoms with Gasteiger partial charge in [0.25, 0.3) is 11.8 Å². The lowest BCUT2D eigenvalue weighted by Crippen LogP contribution is -2.41. The Morgan fingerprint density at radius 3 is 2.50 bits per heavy atom. The number of benzene rings is 1. The summed E-state index contributed by atoms with van der Waals surface area (Å²) >= 11 is 1.32. The maximum Gasteiger partial charge on any atom is 0.281 e. The molecule has 0 saturated carbocycles. The Balaban J connectivity index is 1.62. The molecule has 0 spiro atoms. The molecule has 2 N–H and O–H groups in total. The van der Waals surface area contributed by atoms with Crippen molar-refractivity contribution < 1.29 is 14.3 Å². The summed E-state index contributed by atoms with van der Waals surface area (Å²) in [5.74, 6) is -0.728. The average Bonchev–Trinajstić information content (AvgIpc) is 3.03. The molecule has 1 aliphatic heterocycles. The average molecular weight is 346 g/mol. The fraction of sp³-hybridized carbons (Fsp3) is 0.312. The van der Waals surface area contributed by atoms with Crippen LogP contribution in [-0.2, 0) is 4.74 Å². The van der Waals surface area contributed by atoms with Crippen molar-refractivity contribution in [3.8, 4) is 0 Å². The van der Waals surface area contributed by atoms with E-state index in [4.69, 9.17) is 4.74 Å². The van der Waals surface area contributed by atoms with E-state index in [2.05, 4.69) is 20.7 Å². The van der Waals surface area contributed by atoms with E-state index in [1.807, 2.05) is 6.07 Å². The molecule has 0 aliphatic carbocycles. The number of carbonyl (C=O) groups is 2. The maximum absolute atomic E-state index is 12.3. The number of hydrogen-bond donors (Lipinski definition) is 2. The minimum atomic E-state index is -0.367. The number of morpholine rings is 1. The highest BCUT2D eigenvalue weighted by Crippen LogP contribution is 2.26. The third-order valence-corrected chi connectivity index (χ3v) is 4.82. The van der Waals surface area contributed by atoms with Crippen molar-refractivity contribution >= 4 is 28.3 Å². The number of carbonyl (C=O) groups excluding carboxylic acids is 2. The molecule has 1 fully saturated rings. The highest BCUT2D eigenvalue weighted by atomic mass is 32.1. The molecule has 0 radical (unpaired) electrons. The van der Waals surface area contributed by atoms with Crippen LogP contribution in [0.1, 0.15) is 25.7 Å². The first-order valence-electron chi connectivity index (χ1n) is 7.61. The fourth-order valence-corrected chi connectivity index (χ4v) is 3.33. The largest absolute Gasteiger partial charge is 0.378 e. The minimum Gasteiger partial charge on any atom is -0.378 e. The number of nitrogens with zero attached hydrogens (tertiary/aromatic N) is 2. The molecule has 126 valence electrons. The van der Waals surface area contributed by atoms with Gasteiger partial charge in [0.1, 0.15) is 4.88 Å². The molecule has 0 atom stereocenters. The lowest BCUT2D eigenvalue weighted by molar-refractivity contribution is 0.0848. The van der Waals surface area contributed by atoms with E-state index in [0.29, 0.717) is 29.3 Å². The molecule has 2 heterocycles. The van der Waals surface area contributed by atoms with Gasteiger partial charge in [-0.3, -0.25) is 20.4 Å². The van der Waals surface area contributed by atoms with Crippen molar-refractivity contribution in [1.82, 2.24) is 15.8 Å². The molecular formula is C16H18N4O3S. The minimum absolute atomic E-state index is 0.362. The Morgan fingerprint density at radius 1 is 1.12 bits per heavy atom. The van der Waals surface area contributed by atoms with Crippen LogP contribution in [0, 0.1) is 6.92 Å². The first-order chi connectivity index (χ1) is 11.6. The molecule has 3 rings (SSSR count). The van der Waals surface area contributed by atoms with Crippen LogP contribution in [-0.4, -0.2) is 43.1 Å². The van der Waals surface area contributed by atoms with E-state index in [-0.39, 0.29) is 11.8 Å². The normalized spacial score (nSPS) is 14.3. The highest BCUT2D eigenvalue weighted by molar-refractivity contribution is 7.17. The summed E-state index contributed by atoms with van der Waals surface area (Å²) < 4.78 is 5.32. The Kier molecular flexibility index (Phi) is 5.07. The number of thiazole rings is 1. The zero-order valence-electron chi connectivity index (χ0n) is 13.2. The number of ether oxygens (including phenoxy) is 1. The van der Waals surface area contributed by atoms with Crippen LogP contribution >= 0.6 is 11.3 Å². The van der Waals surface area contributed by atoms with Gasteiger partial charge < -0.3 is 9.64 Å². The number of amides is 2. The first kappa shape index (κ1) is 16.4. The van der Waals surface area contributed by atoms with Crippen LogP contribution < -0.4 is 15.8 Å². The fourth-order valence-electron chi connectivity index (χ4n) is 2.31. The van der Waals surface area contributed by atoms with Gasteiger partial charge in [0.05, 0.1) is 18.9 Å². The lowest BCUT2D eigenvalue weighted by Gasteiger charge is -2.25. The van der Waals surface area contributed by atoms with E-state index in [0.717, 1.165) is 18.2 Å². The summed E-state index contributed by atoms with van der Waals surface area (Å²) in [6, 6.07) is 8.70. The van der Waals surface area contributed by atoms with Gasteiger partial charge in [0.15, 0.2) is 5.13 Å². The second-order valence-corrected chi connectivity index (χ2v) is 6.26. The third kappa shape index (κ3) is 3.72. The first-order valence-corrected chi connectivity index (χ1v) is 8.42. The van der Waals surface area contributed by atoms with E-state index < -0.39 is 0 Å². The van der Waals surface area contributed by atoms with Crippen LogP contribution in [0.3, 0.4) is 0 Å². The van der Waals surface area contributed by atoms with E-state index in [1.54, 1.807) is 31.2 Å². The molecule has 7 nitrogen and oxygen atoms in total. The number of aromatic nitrogens is 1. The monoisotopic (exact) mass is 346 g/mol. The number of rotatable bonds is 3. The van der Waals surface area contributed by atoms with Crippen molar-refractivity contribution in [2.24, 2.45) is 0 Å². The number of anilines is 1. The number of hydrazine groups is 1. The molecule has 2 amide bonds. The van der Waals surface area contributed by atoms with E-state index in [1.165, 1.54) is 11.3 Å². The van der Waals surface area contributed by atoms with Gasteiger partial charge in [0, 0.05) is 18.7 Å².